The lowest BCUT2D eigenvalue weighted by molar-refractivity contribution is -0.252. The Bertz CT molecular complexity index is 1710. The summed E-state index contributed by atoms with van der Waals surface area (Å²) in [5.74, 6) is -0.167. The molecule has 6 rings (SSSR count). The summed E-state index contributed by atoms with van der Waals surface area (Å²) in [6, 6.07) is 27.4. The van der Waals surface area contributed by atoms with Crippen molar-refractivity contribution >= 4 is 29.1 Å². The summed E-state index contributed by atoms with van der Waals surface area (Å²) in [6.45, 7) is 0.846. The number of carbonyl (C=O) groups is 1. The second-order valence-electron chi connectivity index (χ2n) is 10.6. The van der Waals surface area contributed by atoms with Gasteiger partial charge in [0.25, 0.3) is 5.91 Å². The molecule has 1 amide bonds. The lowest BCUT2D eigenvalue weighted by Gasteiger charge is -2.36. The predicted molar refractivity (Wildman–Crippen MR) is 168 cm³/mol. The fourth-order valence-corrected chi connectivity index (χ4v) is 5.51. The number of rotatable bonds is 9. The van der Waals surface area contributed by atoms with Gasteiger partial charge in [0, 0.05) is 30.9 Å². The van der Waals surface area contributed by atoms with Crippen molar-refractivity contribution in [2.24, 2.45) is 0 Å². The Morgan fingerprint density at radius 3 is 2.43 bits per heavy atom. The zero-order valence-corrected chi connectivity index (χ0v) is 25.2. The second kappa shape index (κ2) is 13.7. The molecule has 0 bridgehead atoms. The second-order valence-corrected chi connectivity index (χ2v) is 11.3. The van der Waals surface area contributed by atoms with Gasteiger partial charge < -0.3 is 24.5 Å². The molecule has 2 aromatic heterocycles. The highest BCUT2D eigenvalue weighted by atomic mass is 35.5. The van der Waals surface area contributed by atoms with E-state index in [4.69, 9.17) is 32.7 Å². The van der Waals surface area contributed by atoms with Crippen molar-refractivity contribution in [2.75, 3.05) is 0 Å². The number of ether oxygens (including phenoxy) is 2. The van der Waals surface area contributed by atoms with Crippen molar-refractivity contribution in [1.82, 2.24) is 19.9 Å². The van der Waals surface area contributed by atoms with E-state index in [1.165, 1.54) is 0 Å². The van der Waals surface area contributed by atoms with E-state index < -0.39 is 6.29 Å². The van der Waals surface area contributed by atoms with Crippen LogP contribution in [0.1, 0.15) is 51.4 Å². The number of halogens is 2. The molecule has 5 aromatic rings. The summed E-state index contributed by atoms with van der Waals surface area (Å²) in [5.41, 5.74) is 6.28. The highest BCUT2D eigenvalue weighted by Gasteiger charge is 2.33. The van der Waals surface area contributed by atoms with Gasteiger partial charge >= 0.3 is 0 Å². The molecule has 1 saturated heterocycles. The third-order valence-corrected chi connectivity index (χ3v) is 8.34. The van der Waals surface area contributed by atoms with Crippen molar-refractivity contribution in [3.8, 4) is 11.1 Å². The van der Waals surface area contributed by atoms with Gasteiger partial charge in [-0.2, -0.15) is 0 Å². The Hall–Kier alpha value is -4.05. The molecule has 1 fully saturated rings. The van der Waals surface area contributed by atoms with Gasteiger partial charge in [0.2, 0.25) is 0 Å². The van der Waals surface area contributed by atoms with Gasteiger partial charge in [-0.15, -0.1) is 0 Å². The first-order chi connectivity index (χ1) is 21.5. The molecule has 44 heavy (non-hydrogen) atoms. The van der Waals surface area contributed by atoms with Crippen LogP contribution in [0.4, 0.5) is 0 Å². The lowest BCUT2D eigenvalue weighted by Crippen LogP contribution is -2.32. The zero-order chi connectivity index (χ0) is 30.5. The van der Waals surface area contributed by atoms with Gasteiger partial charge in [0.05, 0.1) is 37.3 Å². The van der Waals surface area contributed by atoms with Crippen molar-refractivity contribution < 1.29 is 19.4 Å². The average molecular weight is 630 g/mol. The van der Waals surface area contributed by atoms with Crippen LogP contribution in [-0.2, 0) is 29.2 Å². The first-order valence-electron chi connectivity index (χ1n) is 14.2. The number of benzene rings is 3. The highest BCUT2D eigenvalue weighted by Crippen LogP contribution is 2.39. The molecule has 3 unspecified atom stereocenters. The zero-order valence-electron chi connectivity index (χ0n) is 23.6. The van der Waals surface area contributed by atoms with E-state index in [2.05, 4.69) is 21.4 Å². The molecule has 224 valence electrons. The Morgan fingerprint density at radius 2 is 1.73 bits per heavy atom. The van der Waals surface area contributed by atoms with Crippen molar-refractivity contribution in [2.45, 2.75) is 44.6 Å². The summed E-state index contributed by atoms with van der Waals surface area (Å²) >= 11 is 12.4. The first-order valence-corrected chi connectivity index (χ1v) is 15.0. The van der Waals surface area contributed by atoms with Gasteiger partial charge in [-0.3, -0.25) is 9.78 Å². The minimum Gasteiger partial charge on any atom is -0.392 e. The van der Waals surface area contributed by atoms with Crippen molar-refractivity contribution in [3.05, 3.63) is 142 Å². The van der Waals surface area contributed by atoms with E-state index in [0.717, 1.165) is 33.4 Å². The number of hydrogen-bond donors (Lipinski definition) is 2. The van der Waals surface area contributed by atoms with E-state index in [0.29, 0.717) is 30.2 Å². The van der Waals surface area contributed by atoms with E-state index in [1.807, 2.05) is 66.7 Å². The smallest absolute Gasteiger partial charge is 0.253 e. The van der Waals surface area contributed by atoms with Crippen LogP contribution < -0.4 is 5.32 Å². The molecule has 0 spiro atoms. The number of aliphatic hydroxyl groups is 1. The maximum Gasteiger partial charge on any atom is 0.253 e. The maximum atomic E-state index is 12.4. The molecule has 8 nitrogen and oxygen atoms in total. The van der Waals surface area contributed by atoms with E-state index in [1.54, 1.807) is 35.4 Å². The van der Waals surface area contributed by atoms with Gasteiger partial charge in [0.1, 0.15) is 5.15 Å². The SMILES string of the molecule is O=C(NCc1cccc(-c2ccc(C3OC(Cn4cnc(Cl)c4Cl)CC(c4ccc(CO)cc4)O3)cc2)c1)c1cccnc1. The van der Waals surface area contributed by atoms with E-state index in [-0.39, 0.29) is 29.9 Å². The van der Waals surface area contributed by atoms with Gasteiger partial charge in [-0.25, -0.2) is 4.98 Å². The monoisotopic (exact) mass is 628 g/mol. The van der Waals surface area contributed by atoms with Crippen LogP contribution >= 0.6 is 23.2 Å². The Balaban J connectivity index is 1.18. The largest absolute Gasteiger partial charge is 0.392 e. The minimum absolute atomic E-state index is 0.0185. The molecule has 0 aliphatic carbocycles. The first kappa shape index (κ1) is 30.0. The lowest BCUT2D eigenvalue weighted by atomic mass is 9.99. The number of pyridine rings is 1. The average Bonchev–Trinajstić information content (AvgIpc) is 3.39. The van der Waals surface area contributed by atoms with Crippen LogP contribution in [0.25, 0.3) is 11.1 Å². The van der Waals surface area contributed by atoms with Crippen LogP contribution in [0.5, 0.6) is 0 Å². The van der Waals surface area contributed by atoms with E-state index in [9.17, 15) is 9.90 Å². The van der Waals surface area contributed by atoms with Gasteiger partial charge in [-0.1, -0.05) is 89.9 Å². The topological polar surface area (TPSA) is 98.5 Å². The van der Waals surface area contributed by atoms with Crippen molar-refractivity contribution in [3.63, 3.8) is 0 Å². The minimum atomic E-state index is -0.614. The molecule has 2 N–H and O–H groups in total. The Kier molecular flexibility index (Phi) is 9.35. The third kappa shape index (κ3) is 7.01. The van der Waals surface area contributed by atoms with Gasteiger partial charge in [0.15, 0.2) is 11.4 Å². The summed E-state index contributed by atoms with van der Waals surface area (Å²) in [7, 11) is 0. The Morgan fingerprint density at radius 1 is 0.932 bits per heavy atom. The summed E-state index contributed by atoms with van der Waals surface area (Å²) < 4.78 is 14.7. The summed E-state index contributed by atoms with van der Waals surface area (Å²) in [4.78, 5) is 20.5. The standard InChI is InChI=1S/C34H30Cl2N4O4/c35-31-32(36)40(21-39-31)19-29-16-30(25-8-6-22(20-41)7-9-25)44-34(43-29)26-12-10-24(11-13-26)27-4-1-3-23(15-27)17-38-33(42)28-5-2-14-37-18-28/h1-15,18,21,29-30,34,41H,16-17,19-20H2,(H,38,42). The molecule has 1 aliphatic rings. The van der Waals surface area contributed by atoms with Crippen LogP contribution in [0, 0.1) is 0 Å². The Labute approximate surface area is 265 Å². The number of aromatic nitrogens is 3. The highest BCUT2D eigenvalue weighted by molar-refractivity contribution is 6.40. The molecule has 3 atom stereocenters. The maximum absolute atomic E-state index is 12.4. The van der Waals surface area contributed by atoms with Gasteiger partial charge in [-0.05, 0) is 46.0 Å². The molecule has 3 heterocycles. The molecular weight excluding hydrogens is 599 g/mol. The number of nitrogens with zero attached hydrogens (tertiary/aromatic N) is 3. The number of carbonyl (C=O) groups excluding carboxylic acids is 1. The quantitative estimate of drug-likeness (QED) is 0.184. The fraction of sp³-hybridized carbons (Fsp3) is 0.206. The number of amides is 1. The summed E-state index contributed by atoms with van der Waals surface area (Å²) in [5, 5.41) is 13.0. The number of nitrogens with one attached hydrogen (secondary N) is 1. The van der Waals surface area contributed by atoms with Crippen LogP contribution in [0.2, 0.25) is 10.3 Å². The normalized spacial score (nSPS) is 18.2. The number of hydrogen-bond acceptors (Lipinski definition) is 6. The number of imidazole rings is 1. The molecule has 0 radical (unpaired) electrons. The fourth-order valence-electron chi connectivity index (χ4n) is 5.20. The molecule has 1 aliphatic heterocycles. The van der Waals surface area contributed by atoms with E-state index >= 15 is 0 Å². The van der Waals surface area contributed by atoms with Crippen LogP contribution in [0.3, 0.4) is 0 Å². The third-order valence-electron chi connectivity index (χ3n) is 7.57. The number of aliphatic hydroxyl groups excluding tert-OH is 1. The van der Waals surface area contributed by atoms with Crippen molar-refractivity contribution in [1.29, 1.82) is 0 Å². The molecule has 3 aromatic carbocycles. The summed E-state index contributed by atoms with van der Waals surface area (Å²) in [6.07, 6.45) is 4.32. The molecule has 0 saturated carbocycles. The predicted octanol–water partition coefficient (Wildman–Crippen LogP) is 6.92. The molecular formula is C34H30Cl2N4O4. The van der Waals surface area contributed by atoms with Crippen LogP contribution in [0.15, 0.2) is 104 Å². The van der Waals surface area contributed by atoms with Crippen LogP contribution in [-0.4, -0.2) is 31.7 Å². The molecule has 10 heteroatoms.